The van der Waals surface area contributed by atoms with Crippen molar-refractivity contribution in [3.05, 3.63) is 70.3 Å². The Morgan fingerprint density at radius 2 is 1.57 bits per heavy atom. The molecule has 3 aromatic rings. The molecule has 184 valence electrons. The second kappa shape index (κ2) is 10.2. The molecule has 8 heteroatoms. The first-order chi connectivity index (χ1) is 17.2. The molecule has 0 aliphatic carbocycles. The summed E-state index contributed by atoms with van der Waals surface area (Å²) in [5, 5.41) is 5.03. The van der Waals surface area contributed by atoms with Crippen molar-refractivity contribution in [1.29, 1.82) is 0 Å². The lowest BCUT2D eigenvalue weighted by Crippen LogP contribution is -2.46. The van der Waals surface area contributed by atoms with Crippen LogP contribution in [0.1, 0.15) is 29.8 Å². The molecular formula is C27H34N6OS. The quantitative estimate of drug-likeness (QED) is 0.471. The van der Waals surface area contributed by atoms with E-state index in [1.54, 1.807) is 0 Å². The van der Waals surface area contributed by atoms with E-state index in [0.29, 0.717) is 0 Å². The van der Waals surface area contributed by atoms with Gasteiger partial charge in [-0.15, -0.1) is 0 Å². The third-order valence-corrected chi connectivity index (χ3v) is 7.84. The van der Waals surface area contributed by atoms with Gasteiger partial charge in [0, 0.05) is 44.8 Å². The molecule has 0 saturated carbocycles. The van der Waals surface area contributed by atoms with Crippen LogP contribution in [0.5, 0.6) is 5.75 Å². The number of benzene rings is 2. The Bertz CT molecular complexity index is 1210. The van der Waals surface area contributed by atoms with Gasteiger partial charge in [-0.1, -0.05) is 30.3 Å². The van der Waals surface area contributed by atoms with Gasteiger partial charge >= 0.3 is 0 Å². The predicted molar refractivity (Wildman–Crippen MR) is 139 cm³/mol. The molecule has 0 atom stereocenters. The van der Waals surface area contributed by atoms with Crippen LogP contribution in [0.25, 0.3) is 5.69 Å². The van der Waals surface area contributed by atoms with Crippen LogP contribution < -0.4 is 4.74 Å². The van der Waals surface area contributed by atoms with E-state index in [0.717, 1.165) is 94.1 Å². The number of nitrogens with zero attached hydrogens (tertiary/aromatic N) is 6. The van der Waals surface area contributed by atoms with Gasteiger partial charge in [0.05, 0.1) is 19.8 Å². The molecule has 6 rings (SSSR count). The van der Waals surface area contributed by atoms with E-state index >= 15 is 0 Å². The summed E-state index contributed by atoms with van der Waals surface area (Å²) < 4.78 is 10.6. The maximum absolute atomic E-state index is 5.95. The smallest absolute Gasteiger partial charge is 0.203 e. The minimum absolute atomic E-state index is 0.746. The van der Waals surface area contributed by atoms with Crippen LogP contribution in [0, 0.1) is 4.77 Å². The minimum Gasteiger partial charge on any atom is -0.493 e. The highest BCUT2D eigenvalue weighted by Gasteiger charge is 2.22. The van der Waals surface area contributed by atoms with E-state index in [-0.39, 0.29) is 0 Å². The summed E-state index contributed by atoms with van der Waals surface area (Å²) in [7, 11) is 0. The standard InChI is InChI=1S/C27H34N6OS/c35-27-32(28-26(20-29-11-4-5-12-29)33(27)24-6-2-1-3-7-24)21-31-15-13-30(14-16-31)19-22-8-9-25-23(18-22)10-17-34-25/h1-3,6-9,18H,4-5,10-17,19-21H2. The number of para-hydroxylation sites is 1. The van der Waals surface area contributed by atoms with Crippen molar-refractivity contribution in [1.82, 2.24) is 29.0 Å². The summed E-state index contributed by atoms with van der Waals surface area (Å²) in [5.74, 6) is 2.11. The lowest BCUT2D eigenvalue weighted by molar-refractivity contribution is 0.0979. The fraction of sp³-hybridized carbons (Fsp3) is 0.481. The summed E-state index contributed by atoms with van der Waals surface area (Å²) in [6, 6.07) is 17.1. The zero-order chi connectivity index (χ0) is 23.6. The molecule has 0 amide bonds. The van der Waals surface area contributed by atoms with Crippen molar-refractivity contribution in [2.45, 2.75) is 39.0 Å². The van der Waals surface area contributed by atoms with Crippen molar-refractivity contribution in [3.8, 4) is 11.4 Å². The molecule has 3 aliphatic heterocycles. The van der Waals surface area contributed by atoms with Crippen molar-refractivity contribution < 1.29 is 4.74 Å². The predicted octanol–water partition coefficient (Wildman–Crippen LogP) is 3.71. The highest BCUT2D eigenvalue weighted by atomic mass is 32.1. The molecule has 4 heterocycles. The van der Waals surface area contributed by atoms with Crippen molar-refractivity contribution in [3.63, 3.8) is 0 Å². The second-order valence-electron chi connectivity index (χ2n) is 9.93. The maximum Gasteiger partial charge on any atom is 0.203 e. The lowest BCUT2D eigenvalue weighted by Gasteiger charge is -2.34. The Labute approximate surface area is 212 Å². The lowest BCUT2D eigenvalue weighted by atomic mass is 10.1. The molecule has 3 aliphatic rings. The fourth-order valence-corrected chi connectivity index (χ4v) is 5.81. The second-order valence-corrected chi connectivity index (χ2v) is 10.3. The summed E-state index contributed by atoms with van der Waals surface area (Å²) in [4.78, 5) is 7.52. The average molecular weight is 491 g/mol. The molecule has 0 bridgehead atoms. The monoisotopic (exact) mass is 490 g/mol. The normalized spacial score (nSPS) is 19.2. The molecule has 0 N–H and O–H groups in total. The summed E-state index contributed by atoms with van der Waals surface area (Å²) >= 11 is 5.95. The van der Waals surface area contributed by atoms with E-state index in [4.69, 9.17) is 22.1 Å². The third kappa shape index (κ3) is 5.07. The molecule has 1 aromatic heterocycles. The molecule has 0 unspecified atom stereocenters. The Kier molecular flexibility index (Phi) is 6.69. The number of hydrogen-bond donors (Lipinski definition) is 0. The van der Waals surface area contributed by atoms with E-state index in [1.807, 2.05) is 10.7 Å². The number of likely N-dealkylation sites (tertiary alicyclic amines) is 1. The van der Waals surface area contributed by atoms with Gasteiger partial charge in [0.2, 0.25) is 4.77 Å². The van der Waals surface area contributed by atoms with Gasteiger partial charge in [-0.25, -0.2) is 4.68 Å². The van der Waals surface area contributed by atoms with E-state index < -0.39 is 0 Å². The first-order valence-electron chi connectivity index (χ1n) is 12.9. The molecule has 0 spiro atoms. The Balaban J connectivity index is 1.12. The first-order valence-corrected chi connectivity index (χ1v) is 13.3. The molecule has 2 saturated heterocycles. The zero-order valence-electron chi connectivity index (χ0n) is 20.3. The Hall–Kier alpha value is -2.52. The van der Waals surface area contributed by atoms with E-state index in [1.165, 1.54) is 24.0 Å². The number of ether oxygens (including phenoxy) is 1. The minimum atomic E-state index is 0.746. The maximum atomic E-state index is 5.95. The van der Waals surface area contributed by atoms with Crippen LogP contribution in [0.2, 0.25) is 0 Å². The largest absolute Gasteiger partial charge is 0.493 e. The van der Waals surface area contributed by atoms with Crippen LogP contribution in [-0.2, 0) is 26.2 Å². The fourth-order valence-electron chi connectivity index (χ4n) is 5.50. The zero-order valence-corrected chi connectivity index (χ0v) is 21.1. The number of rotatable bonds is 7. The molecular weight excluding hydrogens is 456 g/mol. The van der Waals surface area contributed by atoms with E-state index in [2.05, 4.69) is 61.7 Å². The van der Waals surface area contributed by atoms with Gasteiger partial charge in [-0.3, -0.25) is 19.3 Å². The van der Waals surface area contributed by atoms with Crippen LogP contribution in [0.3, 0.4) is 0 Å². The Morgan fingerprint density at radius 3 is 2.37 bits per heavy atom. The topological polar surface area (TPSA) is 41.7 Å². The average Bonchev–Trinajstić information content (AvgIpc) is 3.62. The van der Waals surface area contributed by atoms with Crippen LogP contribution in [0.15, 0.2) is 48.5 Å². The number of piperazine rings is 1. The van der Waals surface area contributed by atoms with E-state index in [9.17, 15) is 0 Å². The van der Waals surface area contributed by atoms with Gasteiger partial charge in [0.15, 0.2) is 5.82 Å². The highest BCUT2D eigenvalue weighted by Crippen LogP contribution is 2.26. The molecule has 2 fully saturated rings. The number of aromatic nitrogens is 3. The molecule has 2 aromatic carbocycles. The third-order valence-electron chi connectivity index (χ3n) is 7.44. The summed E-state index contributed by atoms with van der Waals surface area (Å²) in [6.45, 7) is 9.87. The highest BCUT2D eigenvalue weighted by molar-refractivity contribution is 7.71. The van der Waals surface area contributed by atoms with Crippen LogP contribution in [-0.4, -0.2) is 74.9 Å². The van der Waals surface area contributed by atoms with Crippen LogP contribution in [0.4, 0.5) is 0 Å². The first kappa shape index (κ1) is 22.9. The number of hydrogen-bond acceptors (Lipinski definition) is 6. The van der Waals surface area contributed by atoms with Gasteiger partial charge in [-0.05, 0) is 67.5 Å². The SMILES string of the molecule is S=c1n(CN2CCN(Cc3ccc4c(c3)CCO4)CC2)nc(CN2CCCC2)n1-c1ccccc1. The van der Waals surface area contributed by atoms with Gasteiger partial charge in [-0.2, -0.15) is 5.10 Å². The van der Waals surface area contributed by atoms with Gasteiger partial charge < -0.3 is 4.74 Å². The Morgan fingerprint density at radius 1 is 0.829 bits per heavy atom. The van der Waals surface area contributed by atoms with Gasteiger partial charge in [0.1, 0.15) is 5.75 Å². The summed E-state index contributed by atoms with van der Waals surface area (Å²) in [5.41, 5.74) is 3.84. The molecule has 7 nitrogen and oxygen atoms in total. The van der Waals surface area contributed by atoms with Crippen LogP contribution >= 0.6 is 12.2 Å². The number of fused-ring (bicyclic) bond motifs is 1. The van der Waals surface area contributed by atoms with Gasteiger partial charge in [0.25, 0.3) is 0 Å². The van der Waals surface area contributed by atoms with Crippen molar-refractivity contribution >= 4 is 12.2 Å². The van der Waals surface area contributed by atoms with Crippen molar-refractivity contribution in [2.75, 3.05) is 45.9 Å². The molecule has 0 radical (unpaired) electrons. The van der Waals surface area contributed by atoms with Crippen molar-refractivity contribution in [2.24, 2.45) is 0 Å². The summed E-state index contributed by atoms with van der Waals surface area (Å²) in [6.07, 6.45) is 3.58. The molecule has 35 heavy (non-hydrogen) atoms.